The summed E-state index contributed by atoms with van der Waals surface area (Å²) in [6, 6.07) is 24.8. The molecule has 0 saturated heterocycles. The van der Waals surface area contributed by atoms with E-state index >= 15 is 0 Å². The first kappa shape index (κ1) is 23.9. The highest BCUT2D eigenvalue weighted by atomic mass is 32.1. The third-order valence-corrected chi connectivity index (χ3v) is 7.11. The number of nitrogens with one attached hydrogen (secondary N) is 1. The normalized spacial score (nSPS) is 13.4. The Morgan fingerprint density at radius 1 is 0.917 bits per heavy atom. The lowest BCUT2D eigenvalue weighted by molar-refractivity contribution is -0.122. The zero-order chi connectivity index (χ0) is 24.7. The Morgan fingerprint density at radius 2 is 1.67 bits per heavy atom. The maximum Gasteiger partial charge on any atom is 0.280 e. The molecule has 1 aromatic heterocycles. The van der Waals surface area contributed by atoms with Gasteiger partial charge < -0.3 is 5.32 Å². The number of aryl methyl sites for hydroxylation is 1. The summed E-state index contributed by atoms with van der Waals surface area (Å²) in [4.78, 5) is 29.4. The number of nitrogens with zero attached hydrogens (tertiary/aromatic N) is 3. The summed E-state index contributed by atoms with van der Waals surface area (Å²) in [5.74, 6) is -0.545. The topological polar surface area (TPSA) is 75.2 Å². The van der Waals surface area contributed by atoms with Crippen LogP contribution in [0.3, 0.4) is 0 Å². The molecule has 2 amide bonds. The van der Waals surface area contributed by atoms with Crippen molar-refractivity contribution in [2.45, 2.75) is 38.1 Å². The lowest BCUT2D eigenvalue weighted by atomic mass is 9.89. The van der Waals surface area contributed by atoms with Crippen LogP contribution in [-0.2, 0) is 24.1 Å². The van der Waals surface area contributed by atoms with Gasteiger partial charge in [-0.25, -0.2) is 0 Å². The van der Waals surface area contributed by atoms with Crippen molar-refractivity contribution in [2.75, 3.05) is 11.4 Å². The third-order valence-electron chi connectivity index (χ3n) is 6.61. The first-order chi connectivity index (χ1) is 17.7. The number of hydrogen-bond acceptors (Lipinski definition) is 5. The molecule has 0 unspecified atom stereocenters. The van der Waals surface area contributed by atoms with Gasteiger partial charge in [0.2, 0.25) is 5.91 Å². The Hall–Kier alpha value is -3.84. The smallest absolute Gasteiger partial charge is 0.280 e. The summed E-state index contributed by atoms with van der Waals surface area (Å²) in [6.07, 6.45) is 4.75. The van der Waals surface area contributed by atoms with Crippen molar-refractivity contribution in [3.8, 4) is 0 Å². The van der Waals surface area contributed by atoms with Gasteiger partial charge in [0.25, 0.3) is 5.91 Å². The van der Waals surface area contributed by atoms with Crippen LogP contribution in [0.5, 0.6) is 0 Å². The minimum atomic E-state index is -0.843. The van der Waals surface area contributed by atoms with Crippen molar-refractivity contribution in [1.29, 1.82) is 0 Å². The fraction of sp³-hybridized carbons (Fsp3) is 0.241. The quantitative estimate of drug-likeness (QED) is 0.365. The van der Waals surface area contributed by atoms with Crippen LogP contribution in [0.2, 0.25) is 0 Å². The largest absolute Gasteiger partial charge is 0.354 e. The van der Waals surface area contributed by atoms with Crippen LogP contribution in [0.25, 0.3) is 0 Å². The SMILES string of the molecule is O=C(NCCc1ccccc1)[C@H](c1ccccc1)N(C(=O)c1csnn1)c1cccc2c1CCCC2. The highest BCUT2D eigenvalue weighted by Crippen LogP contribution is 2.36. The highest BCUT2D eigenvalue weighted by Gasteiger charge is 2.36. The Kier molecular flexibility index (Phi) is 7.47. The molecule has 0 aliphatic heterocycles. The number of anilines is 1. The van der Waals surface area contributed by atoms with E-state index in [2.05, 4.69) is 21.0 Å². The third kappa shape index (κ3) is 5.21. The number of hydrogen-bond donors (Lipinski definition) is 1. The molecule has 0 fully saturated rings. The van der Waals surface area contributed by atoms with E-state index in [0.29, 0.717) is 13.0 Å². The fourth-order valence-electron chi connectivity index (χ4n) is 4.86. The maximum absolute atomic E-state index is 14.0. The monoisotopic (exact) mass is 496 g/mol. The minimum absolute atomic E-state index is 0.220. The summed E-state index contributed by atoms with van der Waals surface area (Å²) in [5.41, 5.74) is 5.29. The average Bonchev–Trinajstić information content (AvgIpc) is 3.47. The van der Waals surface area contributed by atoms with E-state index in [1.54, 1.807) is 10.3 Å². The van der Waals surface area contributed by atoms with Crippen LogP contribution in [0.4, 0.5) is 5.69 Å². The molecule has 182 valence electrons. The summed E-state index contributed by atoms with van der Waals surface area (Å²) in [6.45, 7) is 0.472. The van der Waals surface area contributed by atoms with E-state index in [1.165, 1.54) is 5.56 Å². The molecule has 1 aliphatic carbocycles. The Morgan fingerprint density at radius 3 is 2.42 bits per heavy atom. The van der Waals surface area contributed by atoms with Crippen LogP contribution < -0.4 is 10.2 Å². The molecule has 3 aromatic carbocycles. The molecular weight excluding hydrogens is 468 g/mol. The summed E-state index contributed by atoms with van der Waals surface area (Å²) >= 11 is 1.13. The Balaban J connectivity index is 1.54. The van der Waals surface area contributed by atoms with Crippen LogP contribution in [0, 0.1) is 0 Å². The van der Waals surface area contributed by atoms with Crippen molar-refractivity contribution in [1.82, 2.24) is 14.9 Å². The molecule has 0 spiro atoms. The Labute approximate surface area is 215 Å². The summed E-state index contributed by atoms with van der Waals surface area (Å²) in [7, 11) is 0. The van der Waals surface area contributed by atoms with Crippen LogP contribution in [-0.4, -0.2) is 27.9 Å². The molecule has 0 radical (unpaired) electrons. The molecule has 36 heavy (non-hydrogen) atoms. The van der Waals surface area contributed by atoms with Crippen molar-refractivity contribution in [2.24, 2.45) is 0 Å². The predicted molar refractivity (Wildman–Crippen MR) is 142 cm³/mol. The van der Waals surface area contributed by atoms with Crippen molar-refractivity contribution in [3.63, 3.8) is 0 Å². The van der Waals surface area contributed by atoms with Gasteiger partial charge in [-0.15, -0.1) is 5.10 Å². The standard InChI is InChI=1S/C29H28N4O2S/c34-28(30-19-18-21-10-3-1-4-11-21)27(23-13-5-2-6-14-23)33(29(35)25-20-36-32-31-25)26-17-9-15-22-12-7-8-16-24(22)26/h1-6,9-11,13-15,17,20,27H,7-8,12,16,18-19H2,(H,30,34)/t27-/m0/s1. The van der Waals surface area contributed by atoms with Gasteiger partial charge in [-0.2, -0.15) is 0 Å². The van der Waals surface area contributed by atoms with Crippen LogP contribution >= 0.6 is 11.5 Å². The van der Waals surface area contributed by atoms with Gasteiger partial charge in [0.05, 0.1) is 0 Å². The number of carbonyl (C=O) groups is 2. The van der Waals surface area contributed by atoms with E-state index in [4.69, 9.17) is 0 Å². The number of amides is 2. The number of benzene rings is 3. The molecule has 7 heteroatoms. The van der Waals surface area contributed by atoms with Gasteiger partial charge in [0.1, 0.15) is 6.04 Å². The minimum Gasteiger partial charge on any atom is -0.354 e. The summed E-state index contributed by atoms with van der Waals surface area (Å²) < 4.78 is 3.91. The maximum atomic E-state index is 14.0. The first-order valence-electron chi connectivity index (χ1n) is 12.3. The molecule has 5 rings (SSSR count). The van der Waals surface area contributed by atoms with Gasteiger partial charge in [-0.3, -0.25) is 14.5 Å². The van der Waals surface area contributed by atoms with E-state index in [-0.39, 0.29) is 17.5 Å². The lowest BCUT2D eigenvalue weighted by Gasteiger charge is -2.34. The van der Waals surface area contributed by atoms with E-state index in [9.17, 15) is 9.59 Å². The number of carbonyl (C=O) groups excluding carboxylic acids is 2. The second-order valence-electron chi connectivity index (χ2n) is 8.93. The Bertz CT molecular complexity index is 1310. The molecule has 0 saturated carbocycles. The highest BCUT2D eigenvalue weighted by molar-refractivity contribution is 7.03. The molecule has 1 N–H and O–H groups in total. The number of rotatable bonds is 8. The second kappa shape index (κ2) is 11.3. The van der Waals surface area contributed by atoms with Crippen molar-refractivity contribution >= 4 is 29.0 Å². The average molecular weight is 497 g/mol. The van der Waals surface area contributed by atoms with Crippen LogP contribution in [0.15, 0.2) is 84.2 Å². The molecule has 0 bridgehead atoms. The van der Waals surface area contributed by atoms with Crippen molar-refractivity contribution in [3.05, 3.63) is 112 Å². The lowest BCUT2D eigenvalue weighted by Crippen LogP contribution is -2.45. The van der Waals surface area contributed by atoms with Gasteiger partial charge in [0, 0.05) is 17.6 Å². The fourth-order valence-corrected chi connectivity index (χ4v) is 5.29. The molecule has 1 atom stereocenters. The number of fused-ring (bicyclic) bond motifs is 1. The molecule has 4 aromatic rings. The van der Waals surface area contributed by atoms with Gasteiger partial charge >= 0.3 is 0 Å². The van der Waals surface area contributed by atoms with E-state index in [1.807, 2.05) is 72.8 Å². The van der Waals surface area contributed by atoms with E-state index < -0.39 is 6.04 Å². The summed E-state index contributed by atoms with van der Waals surface area (Å²) in [5, 5.41) is 8.79. The second-order valence-corrected chi connectivity index (χ2v) is 9.54. The zero-order valence-electron chi connectivity index (χ0n) is 20.0. The van der Waals surface area contributed by atoms with Crippen LogP contribution in [0.1, 0.15) is 51.6 Å². The molecule has 1 heterocycles. The molecule has 1 aliphatic rings. The molecular formula is C29H28N4O2S. The van der Waals surface area contributed by atoms with Crippen molar-refractivity contribution < 1.29 is 9.59 Å². The van der Waals surface area contributed by atoms with E-state index in [0.717, 1.165) is 59.6 Å². The predicted octanol–water partition coefficient (Wildman–Crippen LogP) is 5.16. The molecule has 6 nitrogen and oxygen atoms in total. The van der Waals surface area contributed by atoms with Gasteiger partial charge in [0.15, 0.2) is 5.69 Å². The zero-order valence-corrected chi connectivity index (χ0v) is 20.8. The first-order valence-corrected chi connectivity index (χ1v) is 13.1. The van der Waals surface area contributed by atoms with Gasteiger partial charge in [-0.1, -0.05) is 77.3 Å². The van der Waals surface area contributed by atoms with Gasteiger partial charge in [-0.05, 0) is 72.0 Å². The number of aromatic nitrogens is 2.